The Morgan fingerprint density at radius 2 is 1.60 bits per heavy atom. The topological polar surface area (TPSA) is 62.7 Å². The molecule has 0 bridgehead atoms. The van der Waals surface area contributed by atoms with Gasteiger partial charge in [-0.05, 0) is 36.1 Å². The van der Waals surface area contributed by atoms with Crippen LogP contribution in [-0.4, -0.2) is 28.3 Å². The van der Waals surface area contributed by atoms with E-state index in [1.54, 1.807) is 6.20 Å². The molecule has 6 heteroatoms. The number of aromatic nitrogens is 3. The van der Waals surface area contributed by atoms with Crippen LogP contribution in [0.4, 0.5) is 11.8 Å². The molecule has 0 radical (unpaired) electrons. The lowest BCUT2D eigenvalue weighted by Crippen LogP contribution is -2.12. The van der Waals surface area contributed by atoms with Gasteiger partial charge >= 0.3 is 0 Å². The summed E-state index contributed by atoms with van der Waals surface area (Å²) in [5.41, 5.74) is 2.46. The lowest BCUT2D eigenvalue weighted by atomic mass is 10.1. The molecule has 0 aliphatic heterocycles. The van der Waals surface area contributed by atoms with Crippen molar-refractivity contribution >= 4 is 23.4 Å². The Labute approximate surface area is 152 Å². The van der Waals surface area contributed by atoms with Crippen LogP contribution in [0.2, 0.25) is 5.02 Å². The molecule has 1 aromatic heterocycles. The van der Waals surface area contributed by atoms with Crippen molar-refractivity contribution < 1.29 is 0 Å². The zero-order valence-corrected chi connectivity index (χ0v) is 14.6. The van der Waals surface area contributed by atoms with Crippen LogP contribution in [0.25, 0.3) is 0 Å². The van der Waals surface area contributed by atoms with Crippen molar-refractivity contribution in [1.82, 2.24) is 15.2 Å². The van der Waals surface area contributed by atoms with Gasteiger partial charge in [0.2, 0.25) is 5.95 Å². The first-order valence-corrected chi connectivity index (χ1v) is 8.63. The second kappa shape index (κ2) is 8.99. The van der Waals surface area contributed by atoms with Gasteiger partial charge in [0.05, 0.1) is 6.20 Å². The summed E-state index contributed by atoms with van der Waals surface area (Å²) in [5, 5.41) is 15.2. The van der Waals surface area contributed by atoms with Gasteiger partial charge in [0.1, 0.15) is 0 Å². The van der Waals surface area contributed by atoms with E-state index in [4.69, 9.17) is 11.6 Å². The molecule has 2 aromatic carbocycles. The number of hydrogen-bond donors (Lipinski definition) is 2. The molecule has 0 fully saturated rings. The summed E-state index contributed by atoms with van der Waals surface area (Å²) in [5.74, 6) is 1.24. The molecular weight excluding hydrogens is 334 g/mol. The Hall–Kier alpha value is -2.66. The van der Waals surface area contributed by atoms with Crippen LogP contribution in [0, 0.1) is 0 Å². The Morgan fingerprint density at radius 1 is 0.840 bits per heavy atom. The van der Waals surface area contributed by atoms with Crippen molar-refractivity contribution in [2.75, 3.05) is 23.7 Å². The summed E-state index contributed by atoms with van der Waals surface area (Å²) in [6.07, 6.45) is 3.41. The first kappa shape index (κ1) is 17.2. The number of halogens is 1. The minimum absolute atomic E-state index is 0.520. The predicted molar refractivity (Wildman–Crippen MR) is 102 cm³/mol. The fraction of sp³-hybridized carbons (Fsp3) is 0.211. The molecule has 128 valence electrons. The lowest BCUT2D eigenvalue weighted by molar-refractivity contribution is 0.916. The summed E-state index contributed by atoms with van der Waals surface area (Å²) in [4.78, 5) is 4.43. The number of nitrogens with one attached hydrogen (secondary N) is 2. The van der Waals surface area contributed by atoms with E-state index in [2.05, 4.69) is 37.9 Å². The van der Waals surface area contributed by atoms with Gasteiger partial charge in [0.15, 0.2) is 5.82 Å². The SMILES string of the molecule is Clc1cccc(CCNc2nncc(NCCc3ccccc3)n2)c1. The molecule has 0 amide bonds. The predicted octanol–water partition coefficient (Wildman–Crippen LogP) is 3.83. The van der Waals surface area contributed by atoms with Crippen molar-refractivity contribution in [3.8, 4) is 0 Å². The molecule has 0 atom stereocenters. The van der Waals surface area contributed by atoms with Crippen LogP contribution in [0.5, 0.6) is 0 Å². The highest BCUT2D eigenvalue weighted by Crippen LogP contribution is 2.11. The van der Waals surface area contributed by atoms with Gasteiger partial charge in [-0.3, -0.25) is 0 Å². The monoisotopic (exact) mass is 353 g/mol. The molecule has 0 saturated heterocycles. The Bertz CT molecular complexity index is 795. The molecule has 1 heterocycles. The average molecular weight is 354 g/mol. The van der Waals surface area contributed by atoms with Crippen molar-refractivity contribution in [2.45, 2.75) is 12.8 Å². The van der Waals surface area contributed by atoms with Gasteiger partial charge < -0.3 is 10.6 Å². The van der Waals surface area contributed by atoms with Crippen molar-refractivity contribution in [2.24, 2.45) is 0 Å². The molecule has 25 heavy (non-hydrogen) atoms. The molecule has 0 spiro atoms. The molecule has 3 aromatic rings. The summed E-state index contributed by atoms with van der Waals surface area (Å²) in [6, 6.07) is 18.2. The van der Waals surface area contributed by atoms with E-state index < -0.39 is 0 Å². The van der Waals surface area contributed by atoms with E-state index in [0.717, 1.165) is 36.8 Å². The molecule has 3 rings (SSSR count). The molecule has 0 saturated carbocycles. The maximum atomic E-state index is 5.99. The lowest BCUT2D eigenvalue weighted by Gasteiger charge is -2.08. The fourth-order valence-corrected chi connectivity index (χ4v) is 2.67. The minimum Gasteiger partial charge on any atom is -0.368 e. The highest BCUT2D eigenvalue weighted by atomic mass is 35.5. The Balaban J connectivity index is 1.46. The summed E-state index contributed by atoms with van der Waals surface area (Å²) < 4.78 is 0. The average Bonchev–Trinajstić information content (AvgIpc) is 2.63. The van der Waals surface area contributed by atoms with E-state index in [0.29, 0.717) is 5.95 Å². The first-order valence-electron chi connectivity index (χ1n) is 8.25. The Morgan fingerprint density at radius 3 is 2.44 bits per heavy atom. The maximum Gasteiger partial charge on any atom is 0.244 e. The van der Waals surface area contributed by atoms with Gasteiger partial charge in [-0.15, -0.1) is 5.10 Å². The van der Waals surface area contributed by atoms with Crippen LogP contribution < -0.4 is 10.6 Å². The van der Waals surface area contributed by atoms with Gasteiger partial charge in [-0.1, -0.05) is 54.1 Å². The Kier molecular flexibility index (Phi) is 6.17. The zero-order chi connectivity index (χ0) is 17.3. The number of rotatable bonds is 8. The molecule has 5 nitrogen and oxygen atoms in total. The number of benzene rings is 2. The molecule has 0 aliphatic carbocycles. The van der Waals surface area contributed by atoms with Crippen LogP contribution in [0.1, 0.15) is 11.1 Å². The van der Waals surface area contributed by atoms with Crippen molar-refractivity contribution in [1.29, 1.82) is 0 Å². The van der Waals surface area contributed by atoms with E-state index in [-0.39, 0.29) is 0 Å². The van der Waals surface area contributed by atoms with Crippen molar-refractivity contribution in [3.05, 3.63) is 76.9 Å². The second-order valence-electron chi connectivity index (χ2n) is 5.63. The molecule has 0 unspecified atom stereocenters. The standard InChI is InChI=1S/C19H20ClN5/c20-17-8-4-7-16(13-17)10-12-22-19-24-18(14-23-25-19)21-11-9-15-5-2-1-3-6-15/h1-8,13-14H,9-12H2,(H2,21,22,24,25). The molecule has 2 N–H and O–H groups in total. The summed E-state index contributed by atoms with van der Waals surface area (Å²) >= 11 is 5.99. The van der Waals surface area contributed by atoms with Gasteiger partial charge in [-0.25, -0.2) is 0 Å². The van der Waals surface area contributed by atoms with Gasteiger partial charge in [-0.2, -0.15) is 10.1 Å². The number of hydrogen-bond acceptors (Lipinski definition) is 5. The second-order valence-corrected chi connectivity index (χ2v) is 6.07. The third-order valence-corrected chi connectivity index (χ3v) is 3.94. The van der Waals surface area contributed by atoms with Crippen LogP contribution >= 0.6 is 11.6 Å². The van der Waals surface area contributed by atoms with Crippen LogP contribution in [0.3, 0.4) is 0 Å². The highest BCUT2D eigenvalue weighted by Gasteiger charge is 2.01. The third-order valence-electron chi connectivity index (χ3n) is 3.71. The van der Waals surface area contributed by atoms with E-state index in [1.165, 1.54) is 11.1 Å². The van der Waals surface area contributed by atoms with Crippen LogP contribution in [-0.2, 0) is 12.8 Å². The third kappa shape index (κ3) is 5.72. The van der Waals surface area contributed by atoms with E-state index in [9.17, 15) is 0 Å². The van der Waals surface area contributed by atoms with E-state index >= 15 is 0 Å². The van der Waals surface area contributed by atoms with E-state index in [1.807, 2.05) is 42.5 Å². The number of anilines is 2. The molecule has 0 aliphatic rings. The summed E-state index contributed by atoms with van der Waals surface area (Å²) in [6.45, 7) is 1.51. The van der Waals surface area contributed by atoms with Gasteiger partial charge in [0, 0.05) is 18.1 Å². The first-order chi connectivity index (χ1) is 12.3. The smallest absolute Gasteiger partial charge is 0.244 e. The number of nitrogens with zero attached hydrogens (tertiary/aromatic N) is 3. The maximum absolute atomic E-state index is 5.99. The highest BCUT2D eigenvalue weighted by molar-refractivity contribution is 6.30. The molecular formula is C19H20ClN5. The van der Waals surface area contributed by atoms with Gasteiger partial charge in [0.25, 0.3) is 0 Å². The normalized spacial score (nSPS) is 10.4. The van der Waals surface area contributed by atoms with Crippen LogP contribution in [0.15, 0.2) is 60.8 Å². The van der Waals surface area contributed by atoms with Crippen molar-refractivity contribution in [3.63, 3.8) is 0 Å². The largest absolute Gasteiger partial charge is 0.368 e. The fourth-order valence-electron chi connectivity index (χ4n) is 2.45. The summed E-state index contributed by atoms with van der Waals surface area (Å²) in [7, 11) is 0. The quantitative estimate of drug-likeness (QED) is 0.644. The zero-order valence-electron chi connectivity index (χ0n) is 13.8. The minimum atomic E-state index is 0.520.